The van der Waals surface area contributed by atoms with Gasteiger partial charge in [0.2, 0.25) is 0 Å². The van der Waals surface area contributed by atoms with Gasteiger partial charge in [-0.1, -0.05) is 17.9 Å². The Morgan fingerprint density at radius 1 is 1.33 bits per heavy atom. The van der Waals surface area contributed by atoms with E-state index in [0.29, 0.717) is 37.5 Å². The first-order chi connectivity index (χ1) is 10.1. The molecule has 1 N–H and O–H groups in total. The van der Waals surface area contributed by atoms with Gasteiger partial charge in [-0.2, -0.15) is 5.26 Å². The van der Waals surface area contributed by atoms with Crippen LogP contribution in [0, 0.1) is 29.0 Å². The summed E-state index contributed by atoms with van der Waals surface area (Å²) in [4.78, 5) is 2.17. The quantitative estimate of drug-likeness (QED) is 0.819. The van der Waals surface area contributed by atoms with E-state index in [1.54, 1.807) is 12.1 Å². The van der Waals surface area contributed by atoms with Gasteiger partial charge < -0.3 is 5.11 Å². The van der Waals surface area contributed by atoms with Gasteiger partial charge in [0.05, 0.1) is 18.2 Å². The highest BCUT2D eigenvalue weighted by molar-refractivity contribution is 5.38. The Hall–Kier alpha value is -1.88. The van der Waals surface area contributed by atoms with E-state index in [4.69, 9.17) is 10.4 Å². The van der Waals surface area contributed by atoms with E-state index < -0.39 is 0 Å². The monoisotopic (exact) mass is 288 g/mol. The lowest BCUT2D eigenvalue weighted by atomic mass is 10.1. The van der Waals surface area contributed by atoms with Crippen LogP contribution < -0.4 is 0 Å². The molecule has 112 valence electrons. The van der Waals surface area contributed by atoms with Crippen LogP contribution in [0.5, 0.6) is 0 Å². The van der Waals surface area contributed by atoms with Crippen molar-refractivity contribution in [2.75, 3.05) is 13.2 Å². The highest BCUT2D eigenvalue weighted by Crippen LogP contribution is 2.13. The Bertz CT molecular complexity index is 552. The number of hydrogen-bond acceptors (Lipinski definition) is 3. The van der Waals surface area contributed by atoms with E-state index in [1.807, 2.05) is 0 Å². The lowest BCUT2D eigenvalue weighted by Gasteiger charge is -2.25. The molecule has 0 fully saturated rings. The van der Waals surface area contributed by atoms with E-state index in [-0.39, 0.29) is 12.4 Å². The maximum Gasteiger partial charge on any atom is 0.138 e. The predicted octanol–water partition coefficient (Wildman–Crippen LogP) is 2.68. The van der Waals surface area contributed by atoms with Crippen LogP contribution in [-0.2, 0) is 6.54 Å². The van der Waals surface area contributed by atoms with Crippen molar-refractivity contribution < 1.29 is 9.50 Å². The smallest absolute Gasteiger partial charge is 0.138 e. The average molecular weight is 288 g/mol. The van der Waals surface area contributed by atoms with Crippen molar-refractivity contribution in [3.8, 4) is 17.9 Å². The molecule has 0 radical (unpaired) electrons. The number of aliphatic hydroxyl groups is 1. The summed E-state index contributed by atoms with van der Waals surface area (Å²) < 4.78 is 13.7. The number of rotatable bonds is 6. The van der Waals surface area contributed by atoms with Crippen LogP contribution in [0.2, 0.25) is 0 Å². The summed E-state index contributed by atoms with van der Waals surface area (Å²) >= 11 is 0. The van der Waals surface area contributed by atoms with Crippen molar-refractivity contribution in [1.82, 2.24) is 4.90 Å². The molecule has 0 saturated carbocycles. The van der Waals surface area contributed by atoms with Crippen LogP contribution in [-0.4, -0.2) is 29.2 Å². The molecular weight excluding hydrogens is 267 g/mol. The van der Waals surface area contributed by atoms with E-state index in [1.165, 1.54) is 6.07 Å². The van der Waals surface area contributed by atoms with Crippen molar-refractivity contribution in [3.05, 3.63) is 35.1 Å². The average Bonchev–Trinajstić information content (AvgIpc) is 2.46. The lowest BCUT2D eigenvalue weighted by Crippen LogP contribution is -2.31. The molecule has 0 aliphatic heterocycles. The molecule has 4 heteroatoms. The summed E-state index contributed by atoms with van der Waals surface area (Å²) in [6.45, 7) is 5.47. The van der Waals surface area contributed by atoms with Gasteiger partial charge in [-0.15, -0.1) is 0 Å². The maximum absolute atomic E-state index is 13.7. The van der Waals surface area contributed by atoms with E-state index in [2.05, 4.69) is 36.7 Å². The van der Waals surface area contributed by atoms with Gasteiger partial charge in [0.1, 0.15) is 5.82 Å². The largest absolute Gasteiger partial charge is 0.395 e. The molecule has 0 saturated heterocycles. The third-order valence-corrected chi connectivity index (χ3v) is 3.12. The Morgan fingerprint density at radius 2 is 2.10 bits per heavy atom. The second kappa shape index (κ2) is 9.13. The second-order valence-corrected chi connectivity index (χ2v) is 5.06. The highest BCUT2D eigenvalue weighted by atomic mass is 19.1. The number of aliphatic hydroxyl groups excluding tert-OH is 1. The highest BCUT2D eigenvalue weighted by Gasteiger charge is 2.11. The third-order valence-electron chi connectivity index (χ3n) is 3.12. The van der Waals surface area contributed by atoms with Gasteiger partial charge in [-0.25, -0.2) is 4.39 Å². The summed E-state index contributed by atoms with van der Waals surface area (Å²) in [6, 6.07) is 7.36. The van der Waals surface area contributed by atoms with Gasteiger partial charge in [0, 0.05) is 32.0 Å². The zero-order valence-electron chi connectivity index (χ0n) is 12.6. The van der Waals surface area contributed by atoms with Crippen molar-refractivity contribution in [2.45, 2.75) is 39.3 Å². The van der Waals surface area contributed by atoms with Crippen molar-refractivity contribution >= 4 is 0 Å². The second-order valence-electron chi connectivity index (χ2n) is 5.06. The molecule has 0 aromatic heterocycles. The van der Waals surface area contributed by atoms with E-state index >= 15 is 0 Å². The molecule has 1 aromatic carbocycles. The summed E-state index contributed by atoms with van der Waals surface area (Å²) in [7, 11) is 0. The summed E-state index contributed by atoms with van der Waals surface area (Å²) in [5.41, 5.74) is 1.32. The molecule has 0 unspecified atom stereocenters. The zero-order chi connectivity index (χ0) is 15.7. The maximum atomic E-state index is 13.7. The molecule has 0 bridgehead atoms. The third kappa shape index (κ3) is 5.95. The molecule has 0 aliphatic carbocycles. The van der Waals surface area contributed by atoms with Crippen LogP contribution in [0.25, 0.3) is 0 Å². The minimum Gasteiger partial charge on any atom is -0.395 e. The molecule has 0 aliphatic rings. The fourth-order valence-corrected chi connectivity index (χ4v) is 1.93. The van der Waals surface area contributed by atoms with Crippen LogP contribution in [0.15, 0.2) is 18.2 Å². The van der Waals surface area contributed by atoms with Crippen LogP contribution in [0.3, 0.4) is 0 Å². The zero-order valence-corrected chi connectivity index (χ0v) is 12.6. The first-order valence-electron chi connectivity index (χ1n) is 7.07. The molecule has 1 rings (SSSR count). The number of benzene rings is 1. The summed E-state index contributed by atoms with van der Waals surface area (Å²) in [6.07, 6.45) is 0.812. The standard InChI is InChI=1S/C17H21FN2O/c1-14(2)20(10-5-9-19)13-15-7-8-17(18)16(12-15)6-3-4-11-21/h7-8,12,14,21H,4-5,10-11,13H2,1-2H3. The van der Waals surface area contributed by atoms with Crippen molar-refractivity contribution in [3.63, 3.8) is 0 Å². The number of nitriles is 1. The van der Waals surface area contributed by atoms with Crippen LogP contribution in [0.1, 0.15) is 37.8 Å². The number of nitrogens with zero attached hydrogens (tertiary/aromatic N) is 2. The molecular formula is C17H21FN2O. The van der Waals surface area contributed by atoms with Crippen molar-refractivity contribution in [2.24, 2.45) is 0 Å². The Kier molecular flexibility index (Phi) is 7.46. The number of hydrogen-bond donors (Lipinski definition) is 1. The molecule has 0 heterocycles. The molecule has 0 atom stereocenters. The lowest BCUT2D eigenvalue weighted by molar-refractivity contribution is 0.218. The minimum absolute atomic E-state index is 0.0242. The Labute approximate surface area is 126 Å². The number of halogens is 1. The van der Waals surface area contributed by atoms with Crippen molar-refractivity contribution in [1.29, 1.82) is 5.26 Å². The van der Waals surface area contributed by atoms with Gasteiger partial charge in [-0.05, 0) is 31.5 Å². The van der Waals surface area contributed by atoms with Gasteiger partial charge in [-0.3, -0.25) is 4.90 Å². The first kappa shape index (κ1) is 17.2. The molecule has 1 aromatic rings. The Balaban J connectivity index is 2.86. The topological polar surface area (TPSA) is 47.3 Å². The SMILES string of the molecule is CC(C)N(CCC#N)Cc1ccc(F)c(C#CCCO)c1. The Morgan fingerprint density at radius 3 is 2.71 bits per heavy atom. The van der Waals surface area contributed by atoms with E-state index in [0.717, 1.165) is 5.56 Å². The van der Waals surface area contributed by atoms with Gasteiger partial charge >= 0.3 is 0 Å². The molecule has 21 heavy (non-hydrogen) atoms. The first-order valence-corrected chi connectivity index (χ1v) is 7.07. The minimum atomic E-state index is -0.350. The predicted molar refractivity (Wildman–Crippen MR) is 80.8 cm³/mol. The fourth-order valence-electron chi connectivity index (χ4n) is 1.93. The van der Waals surface area contributed by atoms with Gasteiger partial charge in [0.25, 0.3) is 0 Å². The summed E-state index contributed by atoms with van der Waals surface area (Å²) in [5.74, 6) is 5.13. The fraction of sp³-hybridized carbons (Fsp3) is 0.471. The van der Waals surface area contributed by atoms with E-state index in [9.17, 15) is 4.39 Å². The molecule has 3 nitrogen and oxygen atoms in total. The van der Waals surface area contributed by atoms with Crippen LogP contribution >= 0.6 is 0 Å². The summed E-state index contributed by atoms with van der Waals surface area (Å²) in [5, 5.41) is 17.4. The van der Waals surface area contributed by atoms with Crippen LogP contribution in [0.4, 0.5) is 4.39 Å². The molecule has 0 spiro atoms. The van der Waals surface area contributed by atoms with Gasteiger partial charge in [0.15, 0.2) is 0 Å². The normalized spacial score (nSPS) is 10.3. The molecule has 0 amide bonds.